The number of urea groups is 1. The molecule has 0 aromatic heterocycles. The number of halogens is 3. The topological polar surface area (TPSA) is 175 Å². The van der Waals surface area contributed by atoms with Crippen molar-refractivity contribution in [2.45, 2.75) is 63.3 Å². The molecule has 12 nitrogen and oxygen atoms in total. The van der Waals surface area contributed by atoms with Crippen molar-refractivity contribution in [3.8, 4) is 16.9 Å². The molecule has 258 valence electrons. The van der Waals surface area contributed by atoms with Gasteiger partial charge in [0.15, 0.2) is 6.10 Å². The number of ether oxygens (including phenoxy) is 3. The van der Waals surface area contributed by atoms with Crippen LogP contribution in [0.5, 0.6) is 5.75 Å². The maximum Gasteiger partial charge on any atom is 0.416 e. The lowest BCUT2D eigenvalue weighted by molar-refractivity contribution is -0.286. The molecule has 1 aliphatic heterocycles. The summed E-state index contributed by atoms with van der Waals surface area (Å²) < 4.78 is 57.0. The van der Waals surface area contributed by atoms with E-state index in [9.17, 15) is 48.0 Å². The number of hydrogen-bond donors (Lipinski definition) is 5. The van der Waals surface area contributed by atoms with Crippen LogP contribution in [0.3, 0.4) is 0 Å². The van der Waals surface area contributed by atoms with Gasteiger partial charge in [-0.15, -0.1) is 0 Å². The Morgan fingerprint density at radius 2 is 1.62 bits per heavy atom. The summed E-state index contributed by atoms with van der Waals surface area (Å²) in [6.45, 7) is 1.86. The minimum absolute atomic E-state index is 0.144. The van der Waals surface area contributed by atoms with Gasteiger partial charge in [0.1, 0.15) is 24.1 Å². The molecule has 1 saturated heterocycles. The molecule has 1 aliphatic rings. The minimum Gasteiger partial charge on any atom is -0.496 e. The summed E-state index contributed by atoms with van der Waals surface area (Å²) in [5.74, 6) is -2.42. The van der Waals surface area contributed by atoms with Crippen LogP contribution in [-0.4, -0.2) is 87.7 Å². The normalized spacial score (nSPS) is 20.9. The second kappa shape index (κ2) is 15.5. The van der Waals surface area contributed by atoms with E-state index in [2.05, 4.69) is 5.32 Å². The fraction of sp³-hybridized carbons (Fsp3) is 0.364. The molecule has 5 N–H and O–H groups in total. The van der Waals surface area contributed by atoms with Gasteiger partial charge in [-0.2, -0.15) is 13.2 Å². The van der Waals surface area contributed by atoms with E-state index in [-0.39, 0.29) is 42.1 Å². The van der Waals surface area contributed by atoms with Gasteiger partial charge in [0, 0.05) is 25.2 Å². The highest BCUT2D eigenvalue weighted by Crippen LogP contribution is 2.38. The highest BCUT2D eigenvalue weighted by atomic mass is 19.4. The molecule has 4 rings (SSSR count). The number of carbonyl (C=O) groups is 3. The van der Waals surface area contributed by atoms with Gasteiger partial charge in [0.2, 0.25) is 6.29 Å². The number of nitrogens with one attached hydrogen (secondary N) is 1. The Kier molecular flexibility index (Phi) is 11.6. The molecular formula is C33H35F3N2O10. The molecule has 0 spiro atoms. The van der Waals surface area contributed by atoms with Gasteiger partial charge in [-0.05, 0) is 53.4 Å². The number of benzene rings is 3. The first-order valence-corrected chi connectivity index (χ1v) is 14.8. The van der Waals surface area contributed by atoms with Crippen LogP contribution < -0.4 is 10.1 Å². The van der Waals surface area contributed by atoms with Gasteiger partial charge in [-0.3, -0.25) is 4.79 Å². The molecule has 5 atom stereocenters. The predicted octanol–water partition coefficient (Wildman–Crippen LogP) is 3.09. The van der Waals surface area contributed by atoms with Crippen molar-refractivity contribution in [2.75, 3.05) is 13.7 Å². The number of rotatable bonds is 11. The van der Waals surface area contributed by atoms with E-state index in [4.69, 9.17) is 14.2 Å². The summed E-state index contributed by atoms with van der Waals surface area (Å²) in [5.41, 5.74) is 0.920. The third-order valence-corrected chi connectivity index (χ3v) is 7.71. The SMILES string of the molecule is CCN(Cc1cc(C(F)(F)F)ccc1-c1cc(CC(=O)OC2OC(C(=O)O)C(O)C(O)C2O)ccc1OC)C(=O)NCc1ccccc1. The molecule has 3 aromatic rings. The average molecular weight is 677 g/mol. The van der Waals surface area contributed by atoms with Crippen molar-refractivity contribution in [1.29, 1.82) is 0 Å². The number of carbonyl (C=O) groups excluding carboxylic acids is 2. The van der Waals surface area contributed by atoms with Crippen LogP contribution in [0.15, 0.2) is 66.7 Å². The Hall–Kier alpha value is -4.70. The number of amides is 2. The summed E-state index contributed by atoms with van der Waals surface area (Å²) in [5, 5.41) is 42.0. The summed E-state index contributed by atoms with van der Waals surface area (Å²) in [7, 11) is 1.35. The van der Waals surface area contributed by atoms with E-state index in [1.807, 2.05) is 30.3 Å². The summed E-state index contributed by atoms with van der Waals surface area (Å²) in [6, 6.07) is 16.1. The predicted molar refractivity (Wildman–Crippen MR) is 162 cm³/mol. The fourth-order valence-electron chi connectivity index (χ4n) is 5.14. The van der Waals surface area contributed by atoms with Crippen molar-refractivity contribution < 1.29 is 62.2 Å². The molecule has 0 aliphatic carbocycles. The molecule has 15 heteroatoms. The number of hydrogen-bond acceptors (Lipinski definition) is 9. The summed E-state index contributed by atoms with van der Waals surface area (Å²) >= 11 is 0. The van der Waals surface area contributed by atoms with Crippen molar-refractivity contribution in [2.24, 2.45) is 0 Å². The second-order valence-corrected chi connectivity index (χ2v) is 11.0. The quantitative estimate of drug-likeness (QED) is 0.190. The number of methoxy groups -OCH3 is 1. The maximum absolute atomic E-state index is 13.8. The smallest absolute Gasteiger partial charge is 0.416 e. The molecule has 1 heterocycles. The van der Waals surface area contributed by atoms with Gasteiger partial charge in [0.25, 0.3) is 0 Å². The van der Waals surface area contributed by atoms with E-state index in [1.54, 1.807) is 6.92 Å². The molecule has 0 bridgehead atoms. The van der Waals surface area contributed by atoms with Crippen LogP contribution in [0.2, 0.25) is 0 Å². The summed E-state index contributed by atoms with van der Waals surface area (Å²) in [4.78, 5) is 38.6. The van der Waals surface area contributed by atoms with Crippen LogP contribution in [0.1, 0.15) is 29.2 Å². The Morgan fingerprint density at radius 3 is 2.25 bits per heavy atom. The number of aliphatic carboxylic acids is 1. The van der Waals surface area contributed by atoms with Crippen LogP contribution in [0, 0.1) is 0 Å². The lowest BCUT2D eigenvalue weighted by Crippen LogP contribution is -2.60. The Balaban J connectivity index is 1.61. The number of carboxylic acid groups (broad SMARTS) is 1. The number of alkyl halides is 3. The van der Waals surface area contributed by atoms with Gasteiger partial charge >= 0.3 is 24.1 Å². The Morgan fingerprint density at radius 1 is 0.917 bits per heavy atom. The van der Waals surface area contributed by atoms with Crippen LogP contribution >= 0.6 is 0 Å². The van der Waals surface area contributed by atoms with Crippen molar-refractivity contribution in [3.63, 3.8) is 0 Å². The number of esters is 1. The number of nitrogens with zero attached hydrogens (tertiary/aromatic N) is 1. The van der Waals surface area contributed by atoms with Crippen LogP contribution in [-0.2, 0) is 44.7 Å². The zero-order valence-electron chi connectivity index (χ0n) is 25.9. The first kappa shape index (κ1) is 36.1. The fourth-order valence-corrected chi connectivity index (χ4v) is 5.14. The average Bonchev–Trinajstić information content (AvgIpc) is 3.06. The molecule has 0 saturated carbocycles. The van der Waals surface area contributed by atoms with Crippen molar-refractivity contribution in [1.82, 2.24) is 10.2 Å². The standard InChI is InChI=1S/C33H35F3N2O10/c1-3-38(32(45)37-16-18-7-5-4-6-8-18)17-20-15-21(33(34,35)36)10-11-22(20)23-13-19(9-12-24(23)46-2)14-25(39)47-31-28(42)26(40)27(41)29(48-31)30(43)44/h4-13,15,26-29,31,40-42H,3,14,16-17H2,1-2H3,(H,37,45)(H,43,44). The van der Waals surface area contributed by atoms with Crippen LogP contribution in [0.4, 0.5) is 18.0 Å². The first-order valence-electron chi connectivity index (χ1n) is 14.8. The van der Waals surface area contributed by atoms with Gasteiger partial charge in [-0.1, -0.05) is 42.5 Å². The lowest BCUT2D eigenvalue weighted by Gasteiger charge is -2.37. The molecule has 2 amide bonds. The lowest BCUT2D eigenvalue weighted by atomic mass is 9.94. The third-order valence-electron chi connectivity index (χ3n) is 7.71. The Bertz CT molecular complexity index is 1600. The number of aliphatic hydroxyl groups excluding tert-OH is 3. The van der Waals surface area contributed by atoms with E-state index in [0.29, 0.717) is 5.56 Å². The Labute approximate surface area is 273 Å². The number of aliphatic hydroxyl groups is 3. The molecular weight excluding hydrogens is 641 g/mol. The summed E-state index contributed by atoms with van der Waals surface area (Å²) in [6.07, 6.45) is -14.9. The highest BCUT2D eigenvalue weighted by Gasteiger charge is 2.48. The maximum atomic E-state index is 13.8. The second-order valence-electron chi connectivity index (χ2n) is 11.0. The molecule has 48 heavy (non-hydrogen) atoms. The molecule has 5 unspecified atom stereocenters. The van der Waals surface area contributed by atoms with E-state index < -0.39 is 66.8 Å². The molecule has 1 fully saturated rings. The van der Waals surface area contributed by atoms with Crippen LogP contribution in [0.25, 0.3) is 11.1 Å². The van der Waals surface area contributed by atoms with Gasteiger partial charge in [0.05, 0.1) is 19.1 Å². The van der Waals surface area contributed by atoms with Gasteiger partial charge in [-0.25, -0.2) is 9.59 Å². The largest absolute Gasteiger partial charge is 0.496 e. The van der Waals surface area contributed by atoms with E-state index in [0.717, 1.165) is 17.7 Å². The minimum atomic E-state index is -4.68. The van der Waals surface area contributed by atoms with Crippen molar-refractivity contribution >= 4 is 18.0 Å². The highest BCUT2D eigenvalue weighted by molar-refractivity contribution is 5.79. The number of carboxylic acids is 1. The van der Waals surface area contributed by atoms with E-state index in [1.165, 1.54) is 36.3 Å². The monoisotopic (exact) mass is 676 g/mol. The first-order chi connectivity index (χ1) is 22.7. The van der Waals surface area contributed by atoms with Crippen molar-refractivity contribution in [3.05, 3.63) is 89.0 Å². The zero-order valence-corrected chi connectivity index (χ0v) is 25.9. The molecule has 3 aromatic carbocycles. The molecule has 0 radical (unpaired) electrons. The third kappa shape index (κ3) is 8.60. The van der Waals surface area contributed by atoms with E-state index >= 15 is 0 Å². The zero-order chi connectivity index (χ0) is 35.2. The van der Waals surface area contributed by atoms with Gasteiger partial charge < -0.3 is 44.9 Å².